The Hall–Kier alpha value is -3.39. The number of fused-ring (bicyclic) bond motifs is 4. The van der Waals surface area contributed by atoms with Gasteiger partial charge in [0.1, 0.15) is 18.2 Å². The summed E-state index contributed by atoms with van der Waals surface area (Å²) >= 11 is 0. The van der Waals surface area contributed by atoms with Gasteiger partial charge in [0.25, 0.3) is 0 Å². The number of hydrogen-bond acceptors (Lipinski definition) is 1. The van der Waals surface area contributed by atoms with Gasteiger partial charge >= 0.3 is 0 Å². The minimum Gasteiger partial charge on any atom is -0.454 e. The molecule has 36 heavy (non-hydrogen) atoms. The fraction of sp³-hybridized carbons (Fsp3) is 0.324. The summed E-state index contributed by atoms with van der Waals surface area (Å²) < 4.78 is 9.04. The summed E-state index contributed by atoms with van der Waals surface area (Å²) in [5.74, 6) is 0.729. The van der Waals surface area contributed by atoms with Crippen LogP contribution < -0.4 is 4.57 Å². The highest BCUT2D eigenvalue weighted by atomic mass is 16.3. The van der Waals surface area contributed by atoms with Crippen molar-refractivity contribution in [2.45, 2.75) is 64.2 Å². The molecule has 2 aliphatic rings. The molecule has 5 aromatic rings. The molecule has 0 atom stereocenters. The third-order valence-electron chi connectivity index (χ3n) is 8.79. The van der Waals surface area contributed by atoms with Crippen LogP contribution in [0.15, 0.2) is 71.3 Å². The number of rotatable bonds is 3. The van der Waals surface area contributed by atoms with E-state index in [1.807, 2.05) is 0 Å². The first-order valence-corrected chi connectivity index (χ1v) is 13.7. The third-order valence-corrected chi connectivity index (χ3v) is 8.79. The maximum Gasteiger partial charge on any atom is 0.216 e. The van der Waals surface area contributed by atoms with Crippen molar-refractivity contribution in [1.29, 1.82) is 0 Å². The summed E-state index contributed by atoms with van der Waals surface area (Å²) in [6.45, 7) is 2.19. The lowest BCUT2D eigenvalue weighted by Gasteiger charge is -2.25. The van der Waals surface area contributed by atoms with Gasteiger partial charge in [0, 0.05) is 28.5 Å². The number of para-hydroxylation sites is 1. The molecular formula is C34H34NO+. The van der Waals surface area contributed by atoms with Gasteiger partial charge in [-0.2, -0.15) is 0 Å². The van der Waals surface area contributed by atoms with Crippen LogP contribution >= 0.6 is 0 Å². The topological polar surface area (TPSA) is 17.0 Å². The van der Waals surface area contributed by atoms with Crippen molar-refractivity contribution < 1.29 is 8.98 Å². The molecule has 0 N–H and O–H groups in total. The highest BCUT2D eigenvalue weighted by molar-refractivity contribution is 6.13. The summed E-state index contributed by atoms with van der Waals surface area (Å²) in [6, 6.07) is 22.6. The van der Waals surface area contributed by atoms with Gasteiger partial charge in [0.05, 0.1) is 5.56 Å². The van der Waals surface area contributed by atoms with E-state index in [0.29, 0.717) is 0 Å². The number of aryl methyl sites for hydroxylation is 3. The van der Waals surface area contributed by atoms with Crippen molar-refractivity contribution >= 4 is 21.9 Å². The lowest BCUT2D eigenvalue weighted by Crippen LogP contribution is -2.30. The fourth-order valence-corrected chi connectivity index (χ4v) is 6.96. The summed E-state index contributed by atoms with van der Waals surface area (Å²) in [5, 5.41) is 2.41. The van der Waals surface area contributed by atoms with E-state index >= 15 is 0 Å². The van der Waals surface area contributed by atoms with Crippen molar-refractivity contribution in [3.63, 3.8) is 0 Å². The van der Waals surface area contributed by atoms with Gasteiger partial charge in [-0.25, -0.2) is 4.57 Å². The van der Waals surface area contributed by atoms with E-state index < -0.39 is 0 Å². The molecule has 7 rings (SSSR count). The lowest BCUT2D eigenvalue weighted by molar-refractivity contribution is -0.660. The van der Waals surface area contributed by atoms with Crippen molar-refractivity contribution in [3.05, 3.63) is 89.1 Å². The summed E-state index contributed by atoms with van der Waals surface area (Å²) in [5.41, 5.74) is 13.1. The van der Waals surface area contributed by atoms with E-state index in [1.165, 1.54) is 90.1 Å². The van der Waals surface area contributed by atoms with E-state index in [-0.39, 0.29) is 0 Å². The van der Waals surface area contributed by atoms with Crippen LogP contribution in [-0.4, -0.2) is 0 Å². The van der Waals surface area contributed by atoms with Crippen molar-refractivity contribution in [2.75, 3.05) is 0 Å². The van der Waals surface area contributed by atoms with Gasteiger partial charge in [0.15, 0.2) is 6.20 Å². The standard InChI is InChI=1S/C34H34NO/c1-22-17-18-29-28-15-9-14-27(33(28)36-34(29)32(22)31-16-6-7-19-35(31)2)25-20-24-12-8-13-26(24)30(21-25)23-10-4-3-5-11-23/h6-7,9,14-21,23H,3-5,8,10-13H2,1-2H3/q+1. The molecule has 0 bridgehead atoms. The summed E-state index contributed by atoms with van der Waals surface area (Å²) in [7, 11) is 2.11. The average molecular weight is 473 g/mol. The molecule has 0 aliphatic heterocycles. The molecule has 0 amide bonds. The maximum atomic E-state index is 6.85. The van der Waals surface area contributed by atoms with Gasteiger partial charge in [-0.3, -0.25) is 0 Å². The molecule has 180 valence electrons. The van der Waals surface area contributed by atoms with Gasteiger partial charge < -0.3 is 4.42 Å². The minimum atomic E-state index is 0.729. The molecule has 2 aromatic heterocycles. The van der Waals surface area contributed by atoms with Gasteiger partial charge in [0.2, 0.25) is 5.69 Å². The van der Waals surface area contributed by atoms with Crippen LogP contribution in [0.5, 0.6) is 0 Å². The summed E-state index contributed by atoms with van der Waals surface area (Å²) in [4.78, 5) is 0. The molecule has 1 fully saturated rings. The molecule has 3 aromatic carbocycles. The second-order valence-electron chi connectivity index (χ2n) is 11.0. The Bertz CT molecular complexity index is 1620. The van der Waals surface area contributed by atoms with Crippen LogP contribution in [-0.2, 0) is 19.9 Å². The second-order valence-corrected chi connectivity index (χ2v) is 11.0. The predicted molar refractivity (Wildman–Crippen MR) is 148 cm³/mol. The largest absolute Gasteiger partial charge is 0.454 e. The average Bonchev–Trinajstić information content (AvgIpc) is 3.54. The normalized spacial score (nSPS) is 16.2. The molecule has 2 heteroatoms. The zero-order valence-electron chi connectivity index (χ0n) is 21.4. The Balaban J connectivity index is 1.46. The van der Waals surface area contributed by atoms with Crippen LogP contribution in [0.25, 0.3) is 44.3 Å². The van der Waals surface area contributed by atoms with Crippen molar-refractivity contribution in [3.8, 4) is 22.4 Å². The first kappa shape index (κ1) is 21.9. The van der Waals surface area contributed by atoms with Gasteiger partial charge in [-0.05, 0) is 78.8 Å². The predicted octanol–water partition coefficient (Wildman–Crippen LogP) is 8.59. The first-order chi connectivity index (χ1) is 17.7. The summed E-state index contributed by atoms with van der Waals surface area (Å²) in [6.07, 6.45) is 12.7. The molecule has 0 saturated heterocycles. The third kappa shape index (κ3) is 3.42. The molecule has 2 heterocycles. The molecule has 2 aliphatic carbocycles. The van der Waals surface area contributed by atoms with Gasteiger partial charge in [-0.1, -0.05) is 61.7 Å². The Morgan fingerprint density at radius 2 is 1.67 bits per heavy atom. The monoisotopic (exact) mass is 472 g/mol. The van der Waals surface area contributed by atoms with Gasteiger partial charge in [-0.15, -0.1) is 0 Å². The molecular weight excluding hydrogens is 438 g/mol. The van der Waals surface area contributed by atoms with Crippen LogP contribution in [0.3, 0.4) is 0 Å². The number of pyridine rings is 1. The number of hydrogen-bond donors (Lipinski definition) is 0. The van der Waals surface area contributed by atoms with Crippen LogP contribution in [0.2, 0.25) is 0 Å². The first-order valence-electron chi connectivity index (χ1n) is 13.7. The van der Waals surface area contributed by atoms with E-state index in [1.54, 1.807) is 16.7 Å². The zero-order valence-corrected chi connectivity index (χ0v) is 21.4. The Kier molecular flexibility index (Phi) is 5.23. The number of furan rings is 1. The SMILES string of the molecule is Cc1ccc2c(oc3c(-c4cc5c(c(C6CCCCC6)c4)CCC5)cccc32)c1-c1cccc[n+]1C. The van der Waals surface area contributed by atoms with Crippen LogP contribution in [0.4, 0.5) is 0 Å². The zero-order chi connectivity index (χ0) is 24.2. The number of benzene rings is 3. The molecule has 1 saturated carbocycles. The van der Waals surface area contributed by atoms with E-state index in [0.717, 1.165) is 17.1 Å². The van der Waals surface area contributed by atoms with Crippen molar-refractivity contribution in [2.24, 2.45) is 7.05 Å². The smallest absolute Gasteiger partial charge is 0.216 e. The molecule has 0 spiro atoms. The van der Waals surface area contributed by atoms with Crippen molar-refractivity contribution in [1.82, 2.24) is 0 Å². The van der Waals surface area contributed by atoms with Crippen LogP contribution in [0, 0.1) is 6.92 Å². The molecule has 0 unspecified atom stereocenters. The van der Waals surface area contributed by atoms with E-state index in [2.05, 4.69) is 85.4 Å². The van der Waals surface area contributed by atoms with E-state index in [4.69, 9.17) is 4.42 Å². The minimum absolute atomic E-state index is 0.729. The number of aromatic nitrogens is 1. The highest BCUT2D eigenvalue weighted by Gasteiger charge is 2.26. The highest BCUT2D eigenvalue weighted by Crippen LogP contribution is 2.44. The number of nitrogens with zero attached hydrogens (tertiary/aromatic N) is 1. The molecule has 2 nitrogen and oxygen atoms in total. The Morgan fingerprint density at radius 1 is 0.806 bits per heavy atom. The van der Waals surface area contributed by atoms with E-state index in [9.17, 15) is 0 Å². The Morgan fingerprint density at radius 3 is 2.53 bits per heavy atom. The second kappa shape index (κ2) is 8.62. The van der Waals surface area contributed by atoms with Crippen LogP contribution in [0.1, 0.15) is 66.7 Å². The quantitative estimate of drug-likeness (QED) is 0.240. The lowest BCUT2D eigenvalue weighted by atomic mass is 9.80. The Labute approximate surface area is 213 Å². The fourth-order valence-electron chi connectivity index (χ4n) is 6.96. The maximum absolute atomic E-state index is 6.85. The molecule has 0 radical (unpaired) electrons.